The summed E-state index contributed by atoms with van der Waals surface area (Å²) in [5.41, 5.74) is 7.30. The van der Waals surface area contributed by atoms with E-state index in [2.05, 4.69) is 30.9 Å². The van der Waals surface area contributed by atoms with Gasteiger partial charge in [-0.25, -0.2) is 0 Å². The molecule has 1 aliphatic rings. The van der Waals surface area contributed by atoms with Gasteiger partial charge in [0.25, 0.3) is 0 Å². The van der Waals surface area contributed by atoms with E-state index < -0.39 is 0 Å². The summed E-state index contributed by atoms with van der Waals surface area (Å²) in [5, 5.41) is 0. The average Bonchev–Trinajstić information content (AvgIpc) is 2.39. The van der Waals surface area contributed by atoms with Gasteiger partial charge in [-0.3, -0.25) is 0 Å². The summed E-state index contributed by atoms with van der Waals surface area (Å²) in [6.45, 7) is 6.45. The monoisotopic (exact) mass is 248 g/mol. The smallest absolute Gasteiger partial charge is 0.119 e. The molecule has 0 radical (unpaired) electrons. The molecule has 2 N–H and O–H groups in total. The molecule has 18 heavy (non-hydrogen) atoms. The first-order valence-electron chi connectivity index (χ1n) is 6.68. The quantitative estimate of drug-likeness (QED) is 0.893. The van der Waals surface area contributed by atoms with E-state index in [0.717, 1.165) is 18.8 Å². The molecule has 1 atom stereocenters. The predicted octanol–water partition coefficient (Wildman–Crippen LogP) is 2.65. The molecule has 0 spiro atoms. The first-order chi connectivity index (χ1) is 8.56. The van der Waals surface area contributed by atoms with Gasteiger partial charge >= 0.3 is 0 Å². The van der Waals surface area contributed by atoms with Gasteiger partial charge in [0.2, 0.25) is 0 Å². The van der Waals surface area contributed by atoms with Gasteiger partial charge < -0.3 is 15.4 Å². The van der Waals surface area contributed by atoms with Crippen molar-refractivity contribution in [1.29, 1.82) is 0 Å². The van der Waals surface area contributed by atoms with Gasteiger partial charge in [0.1, 0.15) is 5.75 Å². The van der Waals surface area contributed by atoms with E-state index in [1.165, 1.54) is 18.5 Å². The van der Waals surface area contributed by atoms with E-state index in [0.29, 0.717) is 5.92 Å². The lowest BCUT2D eigenvalue weighted by molar-refractivity contribution is 0.294. The van der Waals surface area contributed by atoms with Gasteiger partial charge in [-0.2, -0.15) is 0 Å². The molecule has 1 fully saturated rings. The van der Waals surface area contributed by atoms with Crippen LogP contribution in [0.25, 0.3) is 0 Å². The summed E-state index contributed by atoms with van der Waals surface area (Å²) >= 11 is 0. The fraction of sp³-hybridized carbons (Fsp3) is 0.600. The Hall–Kier alpha value is -1.22. The third kappa shape index (κ3) is 2.61. The van der Waals surface area contributed by atoms with Crippen molar-refractivity contribution >= 4 is 5.69 Å². The van der Waals surface area contributed by atoms with Gasteiger partial charge in [0.15, 0.2) is 0 Å². The topological polar surface area (TPSA) is 38.5 Å². The van der Waals surface area contributed by atoms with Gasteiger partial charge in [0, 0.05) is 17.8 Å². The number of piperidine rings is 1. The van der Waals surface area contributed by atoms with Crippen LogP contribution in [-0.2, 0) is 0 Å². The van der Waals surface area contributed by atoms with Crippen molar-refractivity contribution < 1.29 is 4.74 Å². The first-order valence-corrected chi connectivity index (χ1v) is 6.68. The zero-order valence-corrected chi connectivity index (χ0v) is 11.6. The molecule has 100 valence electrons. The summed E-state index contributed by atoms with van der Waals surface area (Å²) in [7, 11) is 1.70. The van der Waals surface area contributed by atoms with E-state index in [1.54, 1.807) is 7.11 Å². The lowest BCUT2D eigenvalue weighted by Gasteiger charge is -2.47. The van der Waals surface area contributed by atoms with Crippen LogP contribution in [0.5, 0.6) is 5.75 Å². The second kappa shape index (κ2) is 5.19. The van der Waals surface area contributed by atoms with Gasteiger partial charge in [-0.1, -0.05) is 0 Å². The highest BCUT2D eigenvalue weighted by Gasteiger charge is 2.33. The number of ether oxygens (including phenoxy) is 1. The largest absolute Gasteiger partial charge is 0.497 e. The fourth-order valence-electron chi connectivity index (χ4n) is 2.70. The van der Waals surface area contributed by atoms with Crippen LogP contribution in [0.2, 0.25) is 0 Å². The summed E-state index contributed by atoms with van der Waals surface area (Å²) in [4.78, 5) is 2.48. The molecule has 0 aliphatic carbocycles. The van der Waals surface area contributed by atoms with Crippen molar-refractivity contribution in [1.82, 2.24) is 0 Å². The maximum Gasteiger partial charge on any atom is 0.119 e. The number of nitrogens with zero attached hydrogens (tertiary/aromatic N) is 1. The summed E-state index contributed by atoms with van der Waals surface area (Å²) < 4.78 is 5.21. The van der Waals surface area contributed by atoms with Crippen LogP contribution in [0, 0.1) is 5.92 Å². The zero-order valence-electron chi connectivity index (χ0n) is 11.6. The van der Waals surface area contributed by atoms with Crippen molar-refractivity contribution in [3.63, 3.8) is 0 Å². The lowest BCUT2D eigenvalue weighted by atomic mass is 9.84. The molecule has 0 saturated carbocycles. The maximum absolute atomic E-state index is 5.83. The van der Waals surface area contributed by atoms with Crippen molar-refractivity contribution in [2.45, 2.75) is 32.2 Å². The third-order valence-corrected chi connectivity index (χ3v) is 4.05. The van der Waals surface area contributed by atoms with Crippen LogP contribution in [0.3, 0.4) is 0 Å². The second-order valence-corrected chi connectivity index (χ2v) is 5.76. The number of hydrogen-bond donors (Lipinski definition) is 1. The molecule has 1 heterocycles. The number of hydrogen-bond acceptors (Lipinski definition) is 3. The normalized spacial score (nSPS) is 22.9. The minimum Gasteiger partial charge on any atom is -0.497 e. The Labute approximate surface area is 110 Å². The van der Waals surface area contributed by atoms with Gasteiger partial charge in [0.05, 0.1) is 7.11 Å². The average molecular weight is 248 g/mol. The Morgan fingerprint density at radius 2 is 2.00 bits per heavy atom. The van der Waals surface area contributed by atoms with Crippen LogP contribution in [0.4, 0.5) is 5.69 Å². The minimum atomic E-state index is 0.209. The van der Waals surface area contributed by atoms with Crippen molar-refractivity contribution in [2.24, 2.45) is 11.7 Å². The number of benzene rings is 1. The molecular formula is C15H24N2O. The molecule has 2 rings (SSSR count). The van der Waals surface area contributed by atoms with Crippen molar-refractivity contribution in [3.8, 4) is 5.75 Å². The van der Waals surface area contributed by atoms with Gasteiger partial charge in [-0.05, 0) is 63.4 Å². The van der Waals surface area contributed by atoms with Crippen molar-refractivity contribution in [3.05, 3.63) is 24.3 Å². The fourth-order valence-corrected chi connectivity index (χ4v) is 2.70. The molecule has 3 nitrogen and oxygen atoms in total. The van der Waals surface area contributed by atoms with E-state index in [4.69, 9.17) is 10.5 Å². The summed E-state index contributed by atoms with van der Waals surface area (Å²) in [6.07, 6.45) is 2.43. The van der Waals surface area contributed by atoms with Crippen LogP contribution in [0.15, 0.2) is 24.3 Å². The Bertz CT molecular complexity index is 386. The number of rotatable bonds is 3. The summed E-state index contributed by atoms with van der Waals surface area (Å²) in [5.74, 6) is 1.52. The minimum absolute atomic E-state index is 0.209. The Morgan fingerprint density at radius 1 is 1.33 bits per heavy atom. The van der Waals surface area contributed by atoms with E-state index in [1.807, 2.05) is 12.1 Å². The highest BCUT2D eigenvalue weighted by atomic mass is 16.5. The highest BCUT2D eigenvalue weighted by Crippen LogP contribution is 2.35. The van der Waals surface area contributed by atoms with Gasteiger partial charge in [-0.15, -0.1) is 0 Å². The molecule has 1 saturated heterocycles. The van der Waals surface area contributed by atoms with Crippen LogP contribution >= 0.6 is 0 Å². The van der Waals surface area contributed by atoms with E-state index in [-0.39, 0.29) is 5.54 Å². The zero-order chi connectivity index (χ0) is 13.2. The second-order valence-electron chi connectivity index (χ2n) is 5.76. The number of methoxy groups -OCH3 is 1. The molecule has 1 unspecified atom stereocenters. The molecule has 1 aliphatic heterocycles. The molecule has 1 aromatic carbocycles. The molecule has 0 amide bonds. The van der Waals surface area contributed by atoms with E-state index in [9.17, 15) is 0 Å². The lowest BCUT2D eigenvalue weighted by Crippen LogP contribution is -2.51. The SMILES string of the molecule is COc1ccc(N2CC(CN)CCC2(C)C)cc1. The number of anilines is 1. The van der Waals surface area contributed by atoms with Crippen molar-refractivity contribution in [2.75, 3.05) is 25.1 Å². The van der Waals surface area contributed by atoms with Crippen LogP contribution in [0.1, 0.15) is 26.7 Å². The predicted molar refractivity (Wildman–Crippen MR) is 76.2 cm³/mol. The standard InChI is InChI=1S/C15H24N2O/c1-15(2)9-8-12(10-16)11-17(15)13-4-6-14(18-3)7-5-13/h4-7,12H,8-11,16H2,1-3H3. The van der Waals surface area contributed by atoms with Crippen LogP contribution in [-0.4, -0.2) is 25.7 Å². The third-order valence-electron chi connectivity index (χ3n) is 4.05. The first kappa shape index (κ1) is 13.2. The molecule has 0 bridgehead atoms. The molecule has 3 heteroatoms. The molecule has 1 aromatic rings. The molecular weight excluding hydrogens is 224 g/mol. The Morgan fingerprint density at radius 3 is 2.56 bits per heavy atom. The highest BCUT2D eigenvalue weighted by molar-refractivity contribution is 5.51. The number of nitrogens with two attached hydrogens (primary N) is 1. The van der Waals surface area contributed by atoms with Crippen LogP contribution < -0.4 is 15.4 Å². The van der Waals surface area contributed by atoms with E-state index >= 15 is 0 Å². The Kier molecular flexibility index (Phi) is 3.81. The Balaban J connectivity index is 2.21. The summed E-state index contributed by atoms with van der Waals surface area (Å²) in [6, 6.07) is 8.33. The molecule has 0 aromatic heterocycles. The maximum atomic E-state index is 5.83.